The van der Waals surface area contributed by atoms with Crippen LogP contribution < -0.4 is 0 Å². The van der Waals surface area contributed by atoms with Crippen LogP contribution in [0.3, 0.4) is 0 Å². The van der Waals surface area contributed by atoms with Gasteiger partial charge in [0.2, 0.25) is 0 Å². The van der Waals surface area contributed by atoms with Crippen LogP contribution in [0.15, 0.2) is 35.9 Å². The van der Waals surface area contributed by atoms with Crippen LogP contribution in [0.25, 0.3) is 6.08 Å². The van der Waals surface area contributed by atoms with E-state index in [4.69, 9.17) is 9.47 Å². The molecule has 22 heavy (non-hydrogen) atoms. The third-order valence-corrected chi connectivity index (χ3v) is 4.56. The fourth-order valence-electron chi connectivity index (χ4n) is 2.61. The Morgan fingerprint density at radius 2 is 1.95 bits per heavy atom. The van der Waals surface area contributed by atoms with Crippen LogP contribution in [0.1, 0.15) is 58.9 Å². The number of benzene rings is 1. The van der Waals surface area contributed by atoms with E-state index in [-0.39, 0.29) is 17.8 Å². The van der Waals surface area contributed by atoms with Gasteiger partial charge in [-0.05, 0) is 30.9 Å². The second-order valence-electron chi connectivity index (χ2n) is 7.00. The highest BCUT2D eigenvalue weighted by atomic mass is 16.7. The average Bonchev–Trinajstić information content (AvgIpc) is 2.50. The summed E-state index contributed by atoms with van der Waals surface area (Å²) in [4.78, 5) is 0. The average molecular weight is 302 g/mol. The predicted octanol–water partition coefficient (Wildman–Crippen LogP) is 5.44. The first-order valence-corrected chi connectivity index (χ1v) is 8.55. The lowest BCUT2D eigenvalue weighted by Crippen LogP contribution is -2.44. The zero-order valence-electron chi connectivity index (χ0n) is 14.5. The fraction of sp³-hybridized carbons (Fsp3) is 0.600. The van der Waals surface area contributed by atoms with Crippen molar-refractivity contribution in [1.82, 2.24) is 0 Å². The molecule has 1 aliphatic heterocycles. The van der Waals surface area contributed by atoms with E-state index in [0.29, 0.717) is 0 Å². The Morgan fingerprint density at radius 1 is 1.23 bits per heavy atom. The van der Waals surface area contributed by atoms with Crippen molar-refractivity contribution in [3.8, 4) is 0 Å². The molecule has 1 saturated heterocycles. The Hall–Kier alpha value is -1.12. The zero-order valence-corrected chi connectivity index (χ0v) is 14.5. The normalized spacial score (nSPS) is 25.2. The van der Waals surface area contributed by atoms with E-state index < -0.39 is 0 Å². The summed E-state index contributed by atoms with van der Waals surface area (Å²) in [7, 11) is 0. The number of ether oxygens (including phenoxy) is 2. The van der Waals surface area contributed by atoms with Gasteiger partial charge in [0.1, 0.15) is 0 Å². The topological polar surface area (TPSA) is 18.5 Å². The minimum atomic E-state index is -0.194. The minimum absolute atomic E-state index is 0.0811. The van der Waals surface area contributed by atoms with E-state index >= 15 is 0 Å². The van der Waals surface area contributed by atoms with Gasteiger partial charge in [0.05, 0.1) is 12.7 Å². The molecule has 0 unspecified atom stereocenters. The fourth-order valence-corrected chi connectivity index (χ4v) is 2.61. The van der Waals surface area contributed by atoms with Crippen LogP contribution in [0.2, 0.25) is 0 Å². The Kier molecular flexibility index (Phi) is 6.22. The summed E-state index contributed by atoms with van der Waals surface area (Å²) >= 11 is 0. The minimum Gasteiger partial charge on any atom is -0.348 e. The van der Waals surface area contributed by atoms with E-state index in [9.17, 15) is 0 Å². The zero-order chi connectivity index (χ0) is 16.0. The molecule has 0 N–H and O–H groups in total. The van der Waals surface area contributed by atoms with Crippen LogP contribution in [0, 0.1) is 5.41 Å². The number of hydrogen-bond donors (Lipinski definition) is 0. The monoisotopic (exact) mass is 302 g/mol. The molecule has 2 atom stereocenters. The van der Waals surface area contributed by atoms with Gasteiger partial charge >= 0.3 is 0 Å². The first kappa shape index (κ1) is 17.2. The summed E-state index contributed by atoms with van der Waals surface area (Å²) in [6.07, 6.45) is 6.97. The molecule has 1 aliphatic rings. The summed E-state index contributed by atoms with van der Waals surface area (Å²) < 4.78 is 12.2. The SMILES string of the molecule is CCCCC/C(=C/c1ccccc1)[C@@H]1OCC(C)(C)[C@H](C)O1. The van der Waals surface area contributed by atoms with Crippen molar-refractivity contribution in [2.24, 2.45) is 5.41 Å². The Labute approximate surface area is 135 Å². The van der Waals surface area contributed by atoms with Crippen LogP contribution in [-0.2, 0) is 9.47 Å². The van der Waals surface area contributed by atoms with Gasteiger partial charge < -0.3 is 9.47 Å². The molecule has 0 radical (unpaired) electrons. The molecular formula is C20H30O2. The van der Waals surface area contributed by atoms with E-state index in [2.05, 4.69) is 58.0 Å². The second-order valence-corrected chi connectivity index (χ2v) is 7.00. The van der Waals surface area contributed by atoms with Crippen molar-refractivity contribution >= 4 is 6.08 Å². The van der Waals surface area contributed by atoms with Crippen molar-refractivity contribution < 1.29 is 9.47 Å². The van der Waals surface area contributed by atoms with Gasteiger partial charge in [-0.1, -0.05) is 70.0 Å². The molecule has 0 bridgehead atoms. The molecular weight excluding hydrogens is 272 g/mol. The quantitative estimate of drug-likeness (QED) is 0.652. The van der Waals surface area contributed by atoms with Gasteiger partial charge in [-0.25, -0.2) is 0 Å². The highest BCUT2D eigenvalue weighted by molar-refractivity contribution is 5.53. The lowest BCUT2D eigenvalue weighted by molar-refractivity contribution is -0.238. The summed E-state index contributed by atoms with van der Waals surface area (Å²) in [5.74, 6) is 0. The summed E-state index contributed by atoms with van der Waals surface area (Å²) in [5.41, 5.74) is 2.57. The first-order valence-electron chi connectivity index (χ1n) is 8.55. The number of unbranched alkanes of at least 4 members (excludes halogenated alkanes) is 2. The van der Waals surface area contributed by atoms with Crippen molar-refractivity contribution in [1.29, 1.82) is 0 Å². The first-order chi connectivity index (χ1) is 10.5. The molecule has 2 nitrogen and oxygen atoms in total. The van der Waals surface area contributed by atoms with Gasteiger partial charge in [-0.2, -0.15) is 0 Å². The van der Waals surface area contributed by atoms with Gasteiger partial charge in [0.15, 0.2) is 6.29 Å². The molecule has 1 fully saturated rings. The van der Waals surface area contributed by atoms with Crippen LogP contribution in [-0.4, -0.2) is 19.0 Å². The molecule has 0 aliphatic carbocycles. The summed E-state index contributed by atoms with van der Waals surface area (Å²) in [6, 6.07) is 10.5. The largest absolute Gasteiger partial charge is 0.348 e. The highest BCUT2D eigenvalue weighted by Gasteiger charge is 2.36. The van der Waals surface area contributed by atoms with Gasteiger partial charge in [0.25, 0.3) is 0 Å². The lowest BCUT2D eigenvalue weighted by atomic mass is 9.87. The lowest BCUT2D eigenvalue weighted by Gasteiger charge is -2.41. The molecule has 1 aromatic rings. The van der Waals surface area contributed by atoms with Crippen LogP contribution in [0.5, 0.6) is 0 Å². The summed E-state index contributed by atoms with van der Waals surface area (Å²) in [5, 5.41) is 0. The predicted molar refractivity (Wildman–Crippen MR) is 92.6 cm³/mol. The highest BCUT2D eigenvalue weighted by Crippen LogP contribution is 2.33. The third kappa shape index (κ3) is 4.69. The number of hydrogen-bond acceptors (Lipinski definition) is 2. The molecule has 2 rings (SSSR count). The molecule has 122 valence electrons. The van der Waals surface area contributed by atoms with Crippen molar-refractivity contribution in [2.45, 2.75) is 65.8 Å². The Balaban J connectivity index is 2.12. The molecule has 0 saturated carbocycles. The maximum absolute atomic E-state index is 6.18. The van der Waals surface area contributed by atoms with Crippen LogP contribution in [0.4, 0.5) is 0 Å². The molecule has 2 heteroatoms. The standard InChI is InChI=1S/C20H30O2/c1-5-6-8-13-18(14-17-11-9-7-10-12-17)19-21-15-20(3,4)16(2)22-19/h7,9-12,14,16,19H,5-6,8,13,15H2,1-4H3/b18-14-/t16-,19+/m0/s1. The third-order valence-electron chi connectivity index (χ3n) is 4.56. The second kappa shape index (κ2) is 7.94. The van der Waals surface area contributed by atoms with E-state index in [1.165, 1.54) is 30.4 Å². The van der Waals surface area contributed by atoms with Crippen LogP contribution >= 0.6 is 0 Å². The van der Waals surface area contributed by atoms with Crippen molar-refractivity contribution in [3.63, 3.8) is 0 Å². The molecule has 0 aromatic heterocycles. The Bertz CT molecular complexity index is 476. The summed E-state index contributed by atoms with van der Waals surface area (Å²) in [6.45, 7) is 9.54. The number of rotatable bonds is 6. The molecule has 1 aromatic carbocycles. The van der Waals surface area contributed by atoms with E-state index in [0.717, 1.165) is 13.0 Å². The Morgan fingerprint density at radius 3 is 2.59 bits per heavy atom. The van der Waals surface area contributed by atoms with E-state index in [1.54, 1.807) is 0 Å². The van der Waals surface area contributed by atoms with E-state index in [1.807, 2.05) is 6.07 Å². The van der Waals surface area contributed by atoms with Crippen molar-refractivity contribution in [3.05, 3.63) is 41.5 Å². The molecule has 1 heterocycles. The van der Waals surface area contributed by atoms with Gasteiger partial charge in [-0.3, -0.25) is 0 Å². The smallest absolute Gasteiger partial charge is 0.180 e. The molecule has 0 spiro atoms. The molecule has 0 amide bonds. The van der Waals surface area contributed by atoms with Crippen molar-refractivity contribution in [2.75, 3.05) is 6.61 Å². The van der Waals surface area contributed by atoms with Gasteiger partial charge in [-0.15, -0.1) is 0 Å². The maximum Gasteiger partial charge on any atom is 0.180 e. The maximum atomic E-state index is 6.18. The van der Waals surface area contributed by atoms with Gasteiger partial charge in [0, 0.05) is 5.41 Å².